The molecule has 184 valence electrons. The number of carboxylic acids is 1. The third-order valence-corrected chi connectivity index (χ3v) is 5.88. The Labute approximate surface area is 209 Å². The van der Waals surface area contributed by atoms with Crippen LogP contribution in [0.15, 0.2) is 48.5 Å². The van der Waals surface area contributed by atoms with E-state index in [0.717, 1.165) is 23.9 Å². The number of halogens is 1. The number of pyridine rings is 1. The average Bonchev–Trinajstić information content (AvgIpc) is 2.83. The minimum atomic E-state index is -0.711. The van der Waals surface area contributed by atoms with Gasteiger partial charge < -0.3 is 21.1 Å². The number of nitrogens with zero attached hydrogens (tertiary/aromatic N) is 2. The van der Waals surface area contributed by atoms with Gasteiger partial charge in [0.1, 0.15) is 0 Å². The highest BCUT2D eigenvalue weighted by Gasteiger charge is 2.22. The van der Waals surface area contributed by atoms with Crippen LogP contribution >= 0.6 is 11.6 Å². The average molecular weight is 497 g/mol. The van der Waals surface area contributed by atoms with Crippen molar-refractivity contribution in [2.24, 2.45) is 5.73 Å². The van der Waals surface area contributed by atoms with Crippen LogP contribution < -0.4 is 11.1 Å². The lowest BCUT2D eigenvalue weighted by atomic mass is 10.0. The molecule has 0 bridgehead atoms. The zero-order valence-corrected chi connectivity index (χ0v) is 20.5. The number of nitrogens with one attached hydrogen (secondary N) is 1. The van der Waals surface area contributed by atoms with E-state index < -0.39 is 11.9 Å². The first-order valence-electron chi connectivity index (χ1n) is 11.4. The summed E-state index contributed by atoms with van der Waals surface area (Å²) in [6, 6.07) is 14.3. The topological polar surface area (TPSA) is 126 Å². The summed E-state index contributed by atoms with van der Waals surface area (Å²) in [5, 5.41) is 12.6. The minimum absolute atomic E-state index is 0.0145. The van der Waals surface area contributed by atoms with Crippen LogP contribution in [0.3, 0.4) is 0 Å². The maximum Gasteiger partial charge on any atom is 0.303 e. The quantitative estimate of drug-likeness (QED) is 0.491. The van der Waals surface area contributed by atoms with Gasteiger partial charge in [-0.2, -0.15) is 0 Å². The first-order valence-corrected chi connectivity index (χ1v) is 11.8. The Morgan fingerprint density at radius 2 is 1.94 bits per heavy atom. The Bertz CT molecular complexity index is 1250. The molecule has 9 heteroatoms. The molecule has 0 spiro atoms. The number of carbonyl (C=O) groups is 3. The monoisotopic (exact) mass is 496 g/mol. The molecule has 1 aliphatic heterocycles. The summed E-state index contributed by atoms with van der Waals surface area (Å²) in [5.74, 6) is -1.23. The number of aromatic nitrogens is 1. The molecule has 8 nitrogen and oxygen atoms in total. The number of nitrogens with two attached hydrogens (primary N) is 1. The standard InChI is InChI=1S/C22H21ClN4O2.C4H8O2/c1-13-12-27(8-7-25-13)22(29)16-5-6-17-18(23)11-19(26-20(17)10-16)14-3-2-4-15(9-14)21(24)28;1-2-3-4(5)6/h2-6,9-11,13,25H,7-8,12H2,1H3,(H2,24,28);2-3H2,1H3,(H,5,6)/t13-;/m1./s1. The molecule has 1 saturated heterocycles. The lowest BCUT2D eigenvalue weighted by Crippen LogP contribution is -2.51. The highest BCUT2D eigenvalue weighted by atomic mass is 35.5. The molecular formula is C26H29ClN4O4. The SMILES string of the molecule is CCCC(=O)O.C[C@@H]1CN(C(=O)c2ccc3c(Cl)cc(-c4cccc(C(N)=O)c4)nc3c2)CCN1. The third kappa shape index (κ3) is 6.77. The minimum Gasteiger partial charge on any atom is -0.481 e. The number of fused-ring (bicyclic) bond motifs is 1. The van der Waals surface area contributed by atoms with Gasteiger partial charge in [-0.15, -0.1) is 0 Å². The Kier molecular flexibility index (Phi) is 8.78. The number of carbonyl (C=O) groups excluding carboxylic acids is 2. The predicted molar refractivity (Wildman–Crippen MR) is 137 cm³/mol. The molecule has 0 radical (unpaired) electrons. The molecule has 3 aromatic rings. The zero-order valence-electron chi connectivity index (χ0n) is 19.8. The van der Waals surface area contributed by atoms with Crippen molar-refractivity contribution in [1.82, 2.24) is 15.2 Å². The summed E-state index contributed by atoms with van der Waals surface area (Å²) < 4.78 is 0. The number of hydrogen-bond acceptors (Lipinski definition) is 5. The number of benzene rings is 2. The van der Waals surface area contributed by atoms with Crippen LogP contribution in [0.25, 0.3) is 22.2 Å². The Morgan fingerprint density at radius 3 is 2.57 bits per heavy atom. The van der Waals surface area contributed by atoms with E-state index in [9.17, 15) is 14.4 Å². The van der Waals surface area contributed by atoms with Crippen molar-refractivity contribution in [2.75, 3.05) is 19.6 Å². The number of aliphatic carboxylic acids is 1. The lowest BCUT2D eigenvalue weighted by molar-refractivity contribution is -0.137. The molecule has 4 rings (SSSR count). The van der Waals surface area contributed by atoms with Gasteiger partial charge >= 0.3 is 5.97 Å². The molecule has 1 aliphatic rings. The van der Waals surface area contributed by atoms with Gasteiger partial charge in [0.15, 0.2) is 0 Å². The third-order valence-electron chi connectivity index (χ3n) is 5.57. The van der Waals surface area contributed by atoms with Crippen molar-refractivity contribution in [3.05, 3.63) is 64.7 Å². The summed E-state index contributed by atoms with van der Waals surface area (Å²) in [7, 11) is 0. The normalized spacial score (nSPS) is 15.3. The van der Waals surface area contributed by atoms with E-state index in [0.29, 0.717) is 46.9 Å². The number of hydrogen-bond donors (Lipinski definition) is 3. The first kappa shape index (κ1) is 26.1. The fraction of sp³-hybridized carbons (Fsp3) is 0.308. The van der Waals surface area contributed by atoms with Crippen LogP contribution in [0.1, 0.15) is 47.4 Å². The number of primary amides is 1. The van der Waals surface area contributed by atoms with Crippen LogP contribution in [-0.4, -0.2) is 58.5 Å². The maximum atomic E-state index is 12.9. The number of rotatable bonds is 5. The van der Waals surface area contributed by atoms with Crippen LogP contribution in [0, 0.1) is 0 Å². The summed E-state index contributed by atoms with van der Waals surface area (Å²) in [6.45, 7) is 6.03. The lowest BCUT2D eigenvalue weighted by Gasteiger charge is -2.32. The Morgan fingerprint density at radius 1 is 1.17 bits per heavy atom. The van der Waals surface area contributed by atoms with E-state index in [2.05, 4.69) is 12.2 Å². The Hall–Kier alpha value is -3.49. The summed E-state index contributed by atoms with van der Waals surface area (Å²) in [6.07, 6.45) is 1.02. The second-order valence-electron chi connectivity index (χ2n) is 8.42. The van der Waals surface area contributed by atoms with Gasteiger partial charge in [-0.05, 0) is 43.7 Å². The predicted octanol–water partition coefficient (Wildman–Crippen LogP) is 3.96. The van der Waals surface area contributed by atoms with Crippen LogP contribution in [0.5, 0.6) is 0 Å². The van der Waals surface area contributed by atoms with Gasteiger partial charge in [0.25, 0.3) is 5.91 Å². The zero-order chi connectivity index (χ0) is 25.5. The van der Waals surface area contributed by atoms with Crippen molar-refractivity contribution in [3.8, 4) is 11.3 Å². The van der Waals surface area contributed by atoms with Gasteiger partial charge in [-0.3, -0.25) is 14.4 Å². The largest absolute Gasteiger partial charge is 0.481 e. The second-order valence-corrected chi connectivity index (χ2v) is 8.82. The van der Waals surface area contributed by atoms with E-state index in [4.69, 9.17) is 27.4 Å². The molecule has 0 aliphatic carbocycles. The molecule has 0 unspecified atom stereocenters. The molecular weight excluding hydrogens is 468 g/mol. The number of piperazine rings is 1. The first-order chi connectivity index (χ1) is 16.7. The van der Waals surface area contributed by atoms with Crippen molar-refractivity contribution in [2.45, 2.75) is 32.7 Å². The van der Waals surface area contributed by atoms with Crippen LogP contribution in [-0.2, 0) is 4.79 Å². The van der Waals surface area contributed by atoms with Gasteiger partial charge in [-0.1, -0.05) is 36.7 Å². The van der Waals surface area contributed by atoms with E-state index in [1.54, 1.807) is 36.4 Å². The van der Waals surface area contributed by atoms with Crippen LogP contribution in [0.2, 0.25) is 5.02 Å². The smallest absolute Gasteiger partial charge is 0.303 e. The van der Waals surface area contributed by atoms with Crippen molar-refractivity contribution in [3.63, 3.8) is 0 Å². The number of carboxylic acid groups (broad SMARTS) is 1. The highest BCUT2D eigenvalue weighted by molar-refractivity contribution is 6.35. The van der Waals surface area contributed by atoms with E-state index in [1.807, 2.05) is 24.0 Å². The molecule has 2 heterocycles. The van der Waals surface area contributed by atoms with Crippen molar-refractivity contribution >= 4 is 40.3 Å². The highest BCUT2D eigenvalue weighted by Crippen LogP contribution is 2.29. The molecule has 4 N–H and O–H groups in total. The fourth-order valence-electron chi connectivity index (χ4n) is 3.81. The molecule has 1 fully saturated rings. The van der Waals surface area contributed by atoms with Gasteiger partial charge in [0.2, 0.25) is 5.91 Å². The molecule has 1 aromatic heterocycles. The number of amides is 2. The van der Waals surface area contributed by atoms with Gasteiger partial charge in [-0.25, -0.2) is 4.98 Å². The molecule has 2 aromatic carbocycles. The van der Waals surface area contributed by atoms with Crippen molar-refractivity contribution in [1.29, 1.82) is 0 Å². The molecule has 1 atom stereocenters. The van der Waals surface area contributed by atoms with E-state index in [-0.39, 0.29) is 11.9 Å². The Balaban J connectivity index is 0.000000509. The maximum absolute atomic E-state index is 12.9. The summed E-state index contributed by atoms with van der Waals surface area (Å²) >= 11 is 6.48. The molecule has 35 heavy (non-hydrogen) atoms. The van der Waals surface area contributed by atoms with E-state index >= 15 is 0 Å². The second kappa shape index (κ2) is 11.8. The summed E-state index contributed by atoms with van der Waals surface area (Å²) in [4.78, 5) is 40.6. The molecule has 0 saturated carbocycles. The fourth-order valence-corrected chi connectivity index (χ4v) is 4.08. The van der Waals surface area contributed by atoms with E-state index in [1.165, 1.54) is 0 Å². The molecule has 2 amide bonds. The van der Waals surface area contributed by atoms with Gasteiger partial charge in [0, 0.05) is 54.2 Å². The summed E-state index contributed by atoms with van der Waals surface area (Å²) in [5.41, 5.74) is 8.35. The van der Waals surface area contributed by atoms with Crippen molar-refractivity contribution < 1.29 is 19.5 Å². The van der Waals surface area contributed by atoms with Gasteiger partial charge in [0.05, 0.1) is 16.2 Å². The van der Waals surface area contributed by atoms with Crippen LogP contribution in [0.4, 0.5) is 0 Å².